The number of thiophene rings is 1. The van der Waals surface area contributed by atoms with Gasteiger partial charge in [-0.2, -0.15) is 0 Å². The van der Waals surface area contributed by atoms with Gasteiger partial charge in [0.2, 0.25) is 0 Å². The summed E-state index contributed by atoms with van der Waals surface area (Å²) in [5, 5.41) is 8.57. The average Bonchev–Trinajstić information content (AvgIpc) is 2.86. The monoisotopic (exact) mass is 342 g/mol. The summed E-state index contributed by atoms with van der Waals surface area (Å²) in [5.41, 5.74) is 2.43. The molecular formula is C14H12Cl2N2O2S. The molecule has 2 heterocycles. The molecule has 1 unspecified atom stereocenters. The van der Waals surface area contributed by atoms with E-state index in [-0.39, 0.29) is 18.6 Å². The van der Waals surface area contributed by atoms with Crippen LogP contribution in [0.4, 0.5) is 11.4 Å². The first-order valence-electron chi connectivity index (χ1n) is 6.29. The number of carbonyl (C=O) groups excluding carboxylic acids is 1. The second-order valence-corrected chi connectivity index (χ2v) is 6.66. The van der Waals surface area contributed by atoms with E-state index in [2.05, 4.69) is 10.6 Å². The maximum atomic E-state index is 11.3. The van der Waals surface area contributed by atoms with Crippen LogP contribution in [0.15, 0.2) is 23.6 Å². The number of benzene rings is 1. The van der Waals surface area contributed by atoms with Gasteiger partial charge in [-0.1, -0.05) is 23.2 Å². The number of rotatable bonds is 3. The van der Waals surface area contributed by atoms with Gasteiger partial charge in [0, 0.05) is 12.1 Å². The molecule has 4 nitrogen and oxygen atoms in total. The van der Waals surface area contributed by atoms with Crippen LogP contribution < -0.4 is 15.4 Å². The molecule has 0 saturated heterocycles. The lowest BCUT2D eigenvalue weighted by Gasteiger charge is -2.21. The van der Waals surface area contributed by atoms with E-state index in [9.17, 15) is 4.79 Å². The molecule has 1 atom stereocenters. The molecular weight excluding hydrogens is 331 g/mol. The van der Waals surface area contributed by atoms with Crippen molar-refractivity contribution in [2.45, 2.75) is 13.0 Å². The van der Waals surface area contributed by atoms with Crippen LogP contribution in [0.2, 0.25) is 9.36 Å². The van der Waals surface area contributed by atoms with E-state index >= 15 is 0 Å². The van der Waals surface area contributed by atoms with Gasteiger partial charge in [-0.15, -0.1) is 11.3 Å². The van der Waals surface area contributed by atoms with Crippen molar-refractivity contribution in [1.29, 1.82) is 0 Å². The van der Waals surface area contributed by atoms with E-state index in [0.29, 0.717) is 16.5 Å². The molecule has 0 aliphatic carbocycles. The lowest BCUT2D eigenvalue weighted by atomic mass is 10.1. The lowest BCUT2D eigenvalue weighted by Crippen LogP contribution is -2.25. The molecule has 110 valence electrons. The molecule has 3 rings (SSSR count). The Hall–Kier alpha value is -1.43. The van der Waals surface area contributed by atoms with E-state index in [1.165, 1.54) is 11.3 Å². The largest absolute Gasteiger partial charge is 0.482 e. The fraction of sp³-hybridized carbons (Fsp3) is 0.214. The minimum Gasteiger partial charge on any atom is -0.482 e. The van der Waals surface area contributed by atoms with E-state index in [4.69, 9.17) is 27.9 Å². The first-order valence-corrected chi connectivity index (χ1v) is 7.93. The highest BCUT2D eigenvalue weighted by molar-refractivity contribution is 7.14. The van der Waals surface area contributed by atoms with E-state index in [1.54, 1.807) is 12.1 Å². The average molecular weight is 343 g/mol. The van der Waals surface area contributed by atoms with Gasteiger partial charge < -0.3 is 15.4 Å². The molecule has 0 spiro atoms. The van der Waals surface area contributed by atoms with Crippen LogP contribution in [0.1, 0.15) is 18.5 Å². The normalized spacial score (nSPS) is 14.9. The summed E-state index contributed by atoms with van der Waals surface area (Å²) in [4.78, 5) is 11.3. The highest BCUT2D eigenvalue weighted by atomic mass is 35.5. The second-order valence-electron chi connectivity index (χ2n) is 4.72. The fourth-order valence-corrected chi connectivity index (χ4v) is 3.28. The Morgan fingerprint density at radius 1 is 1.38 bits per heavy atom. The maximum Gasteiger partial charge on any atom is 0.262 e. The minimum atomic E-state index is -0.180. The highest BCUT2D eigenvalue weighted by Gasteiger charge is 2.19. The van der Waals surface area contributed by atoms with Crippen LogP contribution in [0.3, 0.4) is 0 Å². The van der Waals surface area contributed by atoms with Crippen LogP contribution in [0.5, 0.6) is 5.75 Å². The summed E-state index contributed by atoms with van der Waals surface area (Å²) in [6.07, 6.45) is 0. The van der Waals surface area contributed by atoms with Gasteiger partial charge in [-0.25, -0.2) is 0 Å². The highest BCUT2D eigenvalue weighted by Crippen LogP contribution is 2.38. The molecule has 1 aromatic carbocycles. The van der Waals surface area contributed by atoms with Crippen LogP contribution >= 0.6 is 34.5 Å². The van der Waals surface area contributed by atoms with Gasteiger partial charge in [-0.05, 0) is 30.0 Å². The third kappa shape index (κ3) is 3.10. The van der Waals surface area contributed by atoms with Crippen molar-refractivity contribution in [2.24, 2.45) is 0 Å². The zero-order valence-electron chi connectivity index (χ0n) is 11.1. The number of nitrogens with one attached hydrogen (secondary N) is 2. The van der Waals surface area contributed by atoms with Gasteiger partial charge in [-0.3, -0.25) is 4.79 Å². The Morgan fingerprint density at radius 2 is 2.19 bits per heavy atom. The van der Waals surface area contributed by atoms with Gasteiger partial charge in [0.15, 0.2) is 6.61 Å². The molecule has 0 saturated carbocycles. The first kappa shape index (κ1) is 14.5. The van der Waals surface area contributed by atoms with Crippen molar-refractivity contribution in [2.75, 3.05) is 17.2 Å². The second kappa shape index (κ2) is 5.75. The molecule has 2 N–H and O–H groups in total. The number of anilines is 2. The zero-order chi connectivity index (χ0) is 15.0. The van der Waals surface area contributed by atoms with E-state index < -0.39 is 0 Å². The van der Waals surface area contributed by atoms with Gasteiger partial charge in [0.1, 0.15) is 5.75 Å². The Balaban J connectivity index is 1.84. The molecule has 21 heavy (non-hydrogen) atoms. The third-order valence-electron chi connectivity index (χ3n) is 3.16. The summed E-state index contributed by atoms with van der Waals surface area (Å²) in [6, 6.07) is 5.46. The van der Waals surface area contributed by atoms with Crippen molar-refractivity contribution in [3.05, 3.63) is 38.5 Å². The molecule has 1 amide bonds. The number of ether oxygens (including phenoxy) is 1. The molecule has 0 bridgehead atoms. The molecule has 0 fully saturated rings. The van der Waals surface area contributed by atoms with Crippen molar-refractivity contribution in [1.82, 2.24) is 0 Å². The van der Waals surface area contributed by atoms with Crippen LogP contribution in [-0.4, -0.2) is 12.5 Å². The summed E-state index contributed by atoms with van der Waals surface area (Å²) < 4.78 is 6.14. The molecule has 1 aliphatic heterocycles. The Kier molecular flexibility index (Phi) is 3.97. The number of amides is 1. The number of carbonyl (C=O) groups is 1. The zero-order valence-corrected chi connectivity index (χ0v) is 13.4. The fourth-order valence-electron chi connectivity index (χ4n) is 2.08. The quantitative estimate of drug-likeness (QED) is 0.859. The molecule has 2 aromatic rings. The summed E-state index contributed by atoms with van der Waals surface area (Å²) in [7, 11) is 0. The Bertz CT molecular complexity index is 702. The van der Waals surface area contributed by atoms with Gasteiger partial charge in [0.05, 0.1) is 20.7 Å². The van der Waals surface area contributed by atoms with Gasteiger partial charge >= 0.3 is 0 Å². The number of hydrogen-bond donors (Lipinski definition) is 2. The SMILES string of the molecule is CC(Nc1cc2c(cc1Cl)NC(=O)CO2)c1csc(Cl)c1. The topological polar surface area (TPSA) is 50.4 Å². The summed E-state index contributed by atoms with van der Waals surface area (Å²) >= 11 is 13.7. The minimum absolute atomic E-state index is 0.0176. The van der Waals surface area contributed by atoms with Crippen molar-refractivity contribution >= 4 is 51.8 Å². The van der Waals surface area contributed by atoms with Gasteiger partial charge in [0.25, 0.3) is 5.91 Å². The standard InChI is InChI=1S/C14H12Cl2N2O2S/c1-7(8-2-13(16)21-6-8)17-10-4-12-11(3-9(10)15)18-14(19)5-20-12/h2-4,6-7,17H,5H2,1H3,(H,18,19). The van der Waals surface area contributed by atoms with E-state index in [0.717, 1.165) is 15.6 Å². The summed E-state index contributed by atoms with van der Waals surface area (Å²) in [5.74, 6) is 0.428. The van der Waals surface area contributed by atoms with Crippen LogP contribution in [0, 0.1) is 0 Å². The van der Waals surface area contributed by atoms with Crippen molar-refractivity contribution in [3.8, 4) is 5.75 Å². The predicted molar refractivity (Wildman–Crippen MR) is 86.9 cm³/mol. The maximum absolute atomic E-state index is 11.3. The third-order valence-corrected chi connectivity index (χ3v) is 4.58. The smallest absolute Gasteiger partial charge is 0.262 e. The predicted octanol–water partition coefficient (Wildman–Crippen LogP) is 4.56. The molecule has 1 aromatic heterocycles. The molecule has 7 heteroatoms. The Morgan fingerprint density at radius 3 is 2.90 bits per heavy atom. The first-order chi connectivity index (χ1) is 10.0. The van der Waals surface area contributed by atoms with Crippen LogP contribution in [-0.2, 0) is 4.79 Å². The number of fused-ring (bicyclic) bond motifs is 1. The number of halogens is 2. The van der Waals surface area contributed by atoms with Crippen molar-refractivity contribution in [3.63, 3.8) is 0 Å². The van der Waals surface area contributed by atoms with Crippen LogP contribution in [0.25, 0.3) is 0 Å². The molecule has 1 aliphatic rings. The number of hydrogen-bond acceptors (Lipinski definition) is 4. The Labute approximate surface area is 136 Å². The lowest BCUT2D eigenvalue weighted by molar-refractivity contribution is -0.118. The summed E-state index contributed by atoms with van der Waals surface area (Å²) in [6.45, 7) is 2.04. The van der Waals surface area contributed by atoms with E-state index in [1.807, 2.05) is 18.4 Å². The van der Waals surface area contributed by atoms with Crippen molar-refractivity contribution < 1.29 is 9.53 Å². The molecule has 0 radical (unpaired) electrons.